The molecule has 0 saturated carbocycles. The average molecular weight is 530 g/mol. The molecule has 202 valence electrons. The fourth-order valence-electron chi connectivity index (χ4n) is 4.52. The molecular formula is C29H31N5O5. The number of fused-ring (bicyclic) bond motifs is 1. The number of benzene rings is 3. The van der Waals surface area contributed by atoms with E-state index in [1.165, 1.54) is 0 Å². The van der Waals surface area contributed by atoms with Crippen LogP contribution in [-0.2, 0) is 9.53 Å². The summed E-state index contributed by atoms with van der Waals surface area (Å²) in [5.41, 5.74) is 1.54. The third-order valence-electron chi connectivity index (χ3n) is 6.49. The van der Waals surface area contributed by atoms with Gasteiger partial charge < -0.3 is 23.8 Å². The van der Waals surface area contributed by atoms with Crippen molar-refractivity contribution in [3.05, 3.63) is 73.1 Å². The Bertz CT molecular complexity index is 1380. The van der Waals surface area contributed by atoms with E-state index in [1.54, 1.807) is 25.6 Å². The van der Waals surface area contributed by atoms with Crippen molar-refractivity contribution in [1.82, 2.24) is 15.0 Å². The van der Waals surface area contributed by atoms with Gasteiger partial charge in [-0.3, -0.25) is 4.79 Å². The molecule has 1 aliphatic rings. The van der Waals surface area contributed by atoms with Gasteiger partial charge in [-0.05, 0) is 42.5 Å². The molecule has 0 unspecified atom stereocenters. The van der Waals surface area contributed by atoms with E-state index in [1.807, 2.05) is 71.7 Å². The maximum atomic E-state index is 12.1. The quantitative estimate of drug-likeness (QED) is 0.210. The Morgan fingerprint density at radius 3 is 2.31 bits per heavy atom. The second kappa shape index (κ2) is 12.4. The van der Waals surface area contributed by atoms with Crippen LogP contribution in [0.15, 0.2) is 73.1 Å². The Hall–Kier alpha value is -4.41. The van der Waals surface area contributed by atoms with Crippen molar-refractivity contribution in [3.8, 4) is 23.0 Å². The van der Waals surface area contributed by atoms with Crippen LogP contribution in [-0.4, -0.2) is 75.0 Å². The summed E-state index contributed by atoms with van der Waals surface area (Å²) in [7, 11) is 3.24. The van der Waals surface area contributed by atoms with Crippen molar-refractivity contribution < 1.29 is 23.7 Å². The zero-order chi connectivity index (χ0) is 27.0. The maximum Gasteiger partial charge on any atom is 0.228 e. The predicted molar refractivity (Wildman–Crippen MR) is 149 cm³/mol. The van der Waals surface area contributed by atoms with Crippen molar-refractivity contribution in [2.24, 2.45) is 0 Å². The molecule has 2 heterocycles. The number of piperazine rings is 1. The van der Waals surface area contributed by atoms with Gasteiger partial charge >= 0.3 is 0 Å². The lowest BCUT2D eigenvalue weighted by Gasteiger charge is -2.40. The second-order valence-electron chi connectivity index (χ2n) is 8.86. The van der Waals surface area contributed by atoms with Crippen LogP contribution in [0.25, 0.3) is 10.9 Å². The number of rotatable bonds is 11. The minimum absolute atomic E-state index is 0.411. The number of carbonyl (C=O) groups is 1. The zero-order valence-corrected chi connectivity index (χ0v) is 22.0. The molecule has 0 atom stereocenters. The van der Waals surface area contributed by atoms with Crippen LogP contribution in [0.3, 0.4) is 0 Å². The van der Waals surface area contributed by atoms with E-state index >= 15 is 0 Å². The minimum Gasteiger partial charge on any atom is -0.493 e. The Kier molecular flexibility index (Phi) is 8.35. The highest BCUT2D eigenvalue weighted by molar-refractivity contribution is 5.92. The van der Waals surface area contributed by atoms with E-state index in [2.05, 4.69) is 14.9 Å². The van der Waals surface area contributed by atoms with Crippen LogP contribution in [0.5, 0.6) is 23.0 Å². The number of nitrogens with zero attached hydrogens (tertiary/aromatic N) is 5. The van der Waals surface area contributed by atoms with E-state index in [4.69, 9.17) is 18.9 Å². The molecule has 1 aromatic heterocycles. The molecule has 1 saturated heterocycles. The monoisotopic (exact) mass is 529 g/mol. The fourth-order valence-corrected chi connectivity index (χ4v) is 4.52. The first-order valence-electron chi connectivity index (χ1n) is 12.7. The molecule has 0 aliphatic carbocycles. The molecule has 10 heteroatoms. The average Bonchev–Trinajstić information content (AvgIpc) is 2.99. The van der Waals surface area contributed by atoms with Crippen LogP contribution in [0, 0.1) is 0 Å². The number of para-hydroxylation sites is 1. The van der Waals surface area contributed by atoms with E-state index in [0.29, 0.717) is 56.6 Å². The zero-order valence-electron chi connectivity index (χ0n) is 22.0. The lowest BCUT2D eigenvalue weighted by Crippen LogP contribution is -2.54. The summed E-state index contributed by atoms with van der Waals surface area (Å²) < 4.78 is 22.4. The van der Waals surface area contributed by atoms with E-state index in [-0.39, 0.29) is 0 Å². The van der Waals surface area contributed by atoms with Crippen molar-refractivity contribution in [3.63, 3.8) is 0 Å². The Morgan fingerprint density at radius 1 is 0.872 bits per heavy atom. The van der Waals surface area contributed by atoms with Crippen molar-refractivity contribution in [1.29, 1.82) is 0 Å². The molecule has 1 amide bonds. The second-order valence-corrected chi connectivity index (χ2v) is 8.86. The number of ether oxygens (including phenoxy) is 4. The first-order valence-corrected chi connectivity index (χ1v) is 12.7. The number of methoxy groups -OCH3 is 2. The number of aromatic nitrogens is 2. The minimum atomic E-state index is 0.411. The van der Waals surface area contributed by atoms with Crippen molar-refractivity contribution >= 4 is 28.8 Å². The summed E-state index contributed by atoms with van der Waals surface area (Å²) in [5, 5.41) is 4.56. The van der Waals surface area contributed by atoms with Crippen molar-refractivity contribution in [2.75, 3.05) is 63.5 Å². The largest absolute Gasteiger partial charge is 0.493 e. The molecule has 39 heavy (non-hydrogen) atoms. The Labute approximate surface area is 227 Å². The van der Waals surface area contributed by atoms with Gasteiger partial charge in [0.05, 0.1) is 24.9 Å². The fraction of sp³-hybridized carbons (Fsp3) is 0.276. The van der Waals surface area contributed by atoms with Gasteiger partial charge in [0.25, 0.3) is 0 Å². The predicted octanol–water partition coefficient (Wildman–Crippen LogP) is 4.16. The van der Waals surface area contributed by atoms with Crippen molar-refractivity contribution in [2.45, 2.75) is 0 Å². The standard InChI is InChI=1S/C29H31N5O5/c1-36-16-17-38-28-19-26-25(18-27(28)37-2)29(31-20-30-26)32-12-14-33(15-13-32)34(21-35)22-8-10-24(11-9-22)39-23-6-4-3-5-7-23/h3-11,18-21H,12-17H2,1-2H3. The molecular weight excluding hydrogens is 498 g/mol. The number of amides is 1. The molecule has 0 bridgehead atoms. The van der Waals surface area contributed by atoms with Crippen LogP contribution in [0.2, 0.25) is 0 Å². The number of hydrogen-bond donors (Lipinski definition) is 0. The summed E-state index contributed by atoms with van der Waals surface area (Å²) in [6, 6.07) is 20.9. The first kappa shape index (κ1) is 26.2. The number of hydrogen-bond acceptors (Lipinski definition) is 9. The van der Waals surface area contributed by atoms with Gasteiger partial charge in [-0.15, -0.1) is 0 Å². The Balaban J connectivity index is 1.27. The summed E-state index contributed by atoms with van der Waals surface area (Å²) in [6.07, 6.45) is 2.41. The van der Waals surface area contributed by atoms with Gasteiger partial charge in [0.2, 0.25) is 6.41 Å². The maximum absolute atomic E-state index is 12.1. The van der Waals surface area contributed by atoms with Crippen LogP contribution >= 0.6 is 0 Å². The summed E-state index contributed by atoms with van der Waals surface area (Å²) in [5.74, 6) is 3.51. The first-order chi connectivity index (χ1) is 19.2. The lowest BCUT2D eigenvalue weighted by atomic mass is 10.2. The lowest BCUT2D eigenvalue weighted by molar-refractivity contribution is -0.110. The highest BCUT2D eigenvalue weighted by atomic mass is 16.5. The topological polar surface area (TPSA) is 89.5 Å². The molecule has 5 rings (SSSR count). The third kappa shape index (κ3) is 6.02. The number of carbonyl (C=O) groups excluding carboxylic acids is 1. The Morgan fingerprint density at radius 2 is 1.62 bits per heavy atom. The molecule has 4 aromatic rings. The molecule has 3 aromatic carbocycles. The van der Waals surface area contributed by atoms with Crippen LogP contribution in [0.1, 0.15) is 0 Å². The van der Waals surface area contributed by atoms with Gasteiger partial charge in [-0.1, -0.05) is 18.2 Å². The molecule has 1 aliphatic heterocycles. The number of hydrazine groups is 1. The molecule has 1 fully saturated rings. The molecule has 0 radical (unpaired) electrons. The van der Waals surface area contributed by atoms with Gasteiger partial charge in [-0.2, -0.15) is 0 Å². The van der Waals surface area contributed by atoms with E-state index in [0.717, 1.165) is 34.6 Å². The van der Waals surface area contributed by atoms with E-state index < -0.39 is 0 Å². The SMILES string of the molecule is COCCOc1cc2ncnc(N3CCN(N(C=O)c4ccc(Oc5ccccc5)cc4)CC3)c2cc1OC. The van der Waals surface area contributed by atoms with Gasteiger partial charge in [0.15, 0.2) is 11.5 Å². The van der Waals surface area contributed by atoms with Crippen LogP contribution < -0.4 is 24.1 Å². The highest BCUT2D eigenvalue weighted by Crippen LogP contribution is 2.35. The van der Waals surface area contributed by atoms with Gasteiger partial charge in [0, 0.05) is 44.7 Å². The number of anilines is 2. The van der Waals surface area contributed by atoms with Gasteiger partial charge in [-0.25, -0.2) is 20.0 Å². The normalized spacial score (nSPS) is 13.7. The summed E-state index contributed by atoms with van der Waals surface area (Å²) in [6.45, 7) is 3.53. The molecule has 0 spiro atoms. The smallest absolute Gasteiger partial charge is 0.228 e. The van der Waals surface area contributed by atoms with E-state index in [9.17, 15) is 4.79 Å². The third-order valence-corrected chi connectivity index (χ3v) is 6.49. The molecule has 0 N–H and O–H groups in total. The van der Waals surface area contributed by atoms with Crippen LogP contribution in [0.4, 0.5) is 11.5 Å². The summed E-state index contributed by atoms with van der Waals surface area (Å²) >= 11 is 0. The summed E-state index contributed by atoms with van der Waals surface area (Å²) in [4.78, 5) is 23.3. The highest BCUT2D eigenvalue weighted by Gasteiger charge is 2.25. The van der Waals surface area contributed by atoms with Gasteiger partial charge in [0.1, 0.15) is 30.3 Å². The molecule has 10 nitrogen and oxygen atoms in total.